The van der Waals surface area contributed by atoms with Gasteiger partial charge in [-0.15, -0.1) is 11.3 Å². The van der Waals surface area contributed by atoms with Gasteiger partial charge in [0.25, 0.3) is 0 Å². The first kappa shape index (κ1) is 19.8. The maximum absolute atomic E-state index is 12.7. The number of carbonyl (C=O) groups excluding carboxylic acids is 2. The highest BCUT2D eigenvalue weighted by Crippen LogP contribution is 2.36. The Balaban J connectivity index is 1.48. The van der Waals surface area contributed by atoms with Crippen LogP contribution < -0.4 is 0 Å². The molecular formula is C21H22N4O2S2. The molecule has 0 unspecified atom stereocenters. The van der Waals surface area contributed by atoms with Crippen LogP contribution in [0.15, 0.2) is 41.4 Å². The molecule has 8 heteroatoms. The minimum atomic E-state index is 0.0667. The van der Waals surface area contributed by atoms with Crippen molar-refractivity contribution in [3.8, 4) is 10.4 Å². The smallest absolute Gasteiger partial charge is 0.233 e. The lowest BCUT2D eigenvalue weighted by Gasteiger charge is -2.34. The van der Waals surface area contributed by atoms with Crippen LogP contribution >= 0.6 is 23.1 Å². The number of fused-ring (bicyclic) bond motifs is 1. The van der Waals surface area contributed by atoms with E-state index in [4.69, 9.17) is 0 Å². The summed E-state index contributed by atoms with van der Waals surface area (Å²) in [6.45, 7) is 5.84. The van der Waals surface area contributed by atoms with Crippen molar-refractivity contribution in [1.82, 2.24) is 19.8 Å². The van der Waals surface area contributed by atoms with E-state index in [1.54, 1.807) is 23.2 Å². The summed E-state index contributed by atoms with van der Waals surface area (Å²) in [7, 11) is 0. The average Bonchev–Trinajstić information content (AvgIpc) is 3.16. The lowest BCUT2D eigenvalue weighted by atomic mass is 10.2. The zero-order chi connectivity index (χ0) is 20.4. The van der Waals surface area contributed by atoms with Crippen LogP contribution in [0.4, 0.5) is 0 Å². The lowest BCUT2D eigenvalue weighted by molar-refractivity contribution is -0.136. The van der Waals surface area contributed by atoms with Crippen molar-refractivity contribution in [1.29, 1.82) is 0 Å². The third-order valence-electron chi connectivity index (χ3n) is 4.94. The number of hydrogen-bond donors (Lipinski definition) is 0. The fourth-order valence-electron chi connectivity index (χ4n) is 3.34. The fourth-order valence-corrected chi connectivity index (χ4v) is 5.44. The molecule has 0 aliphatic carbocycles. The number of aryl methyl sites for hydroxylation is 1. The summed E-state index contributed by atoms with van der Waals surface area (Å²) < 4.78 is 0. The molecule has 1 saturated heterocycles. The second-order valence-corrected chi connectivity index (χ2v) is 8.94. The van der Waals surface area contributed by atoms with Gasteiger partial charge in [0.15, 0.2) is 0 Å². The van der Waals surface area contributed by atoms with Crippen molar-refractivity contribution < 1.29 is 9.59 Å². The third kappa shape index (κ3) is 4.43. The van der Waals surface area contributed by atoms with Crippen LogP contribution in [0.5, 0.6) is 0 Å². The molecule has 2 aromatic heterocycles. The quantitative estimate of drug-likeness (QED) is 0.472. The molecule has 1 fully saturated rings. The minimum Gasteiger partial charge on any atom is -0.339 e. The molecule has 0 radical (unpaired) electrons. The molecule has 0 saturated carbocycles. The number of nitrogens with zero attached hydrogens (tertiary/aromatic N) is 4. The van der Waals surface area contributed by atoms with Gasteiger partial charge in [-0.2, -0.15) is 0 Å². The van der Waals surface area contributed by atoms with E-state index in [9.17, 15) is 9.59 Å². The molecule has 1 aliphatic heterocycles. The standard InChI is InChI=1S/C21H22N4O2S2/c1-14-22-20(28-13-19(27)25-10-8-24(9-11-25)15(2)26)17-12-18(29-21(17)23-14)16-6-4-3-5-7-16/h3-7,12H,8-11,13H2,1-2H3. The highest BCUT2D eigenvalue weighted by molar-refractivity contribution is 8.00. The van der Waals surface area contributed by atoms with Gasteiger partial charge < -0.3 is 9.80 Å². The van der Waals surface area contributed by atoms with Gasteiger partial charge in [0.1, 0.15) is 15.7 Å². The van der Waals surface area contributed by atoms with Crippen molar-refractivity contribution in [2.24, 2.45) is 0 Å². The van der Waals surface area contributed by atoms with E-state index >= 15 is 0 Å². The van der Waals surface area contributed by atoms with E-state index in [1.807, 2.05) is 30.0 Å². The van der Waals surface area contributed by atoms with E-state index in [-0.39, 0.29) is 11.8 Å². The number of hydrogen-bond acceptors (Lipinski definition) is 6. The minimum absolute atomic E-state index is 0.0667. The first-order valence-electron chi connectivity index (χ1n) is 9.51. The summed E-state index contributed by atoms with van der Waals surface area (Å²) in [5, 5.41) is 1.85. The summed E-state index contributed by atoms with van der Waals surface area (Å²) in [6, 6.07) is 12.3. The number of thioether (sulfide) groups is 1. The number of benzene rings is 1. The molecule has 0 bridgehead atoms. The van der Waals surface area contributed by atoms with E-state index in [2.05, 4.69) is 28.2 Å². The predicted molar refractivity (Wildman–Crippen MR) is 117 cm³/mol. The Morgan fingerprint density at radius 1 is 1.07 bits per heavy atom. The molecule has 0 atom stereocenters. The monoisotopic (exact) mass is 426 g/mol. The zero-order valence-corrected chi connectivity index (χ0v) is 18.1. The second-order valence-electron chi connectivity index (χ2n) is 6.95. The van der Waals surface area contributed by atoms with Gasteiger partial charge in [-0.3, -0.25) is 9.59 Å². The molecular weight excluding hydrogens is 404 g/mol. The first-order valence-corrected chi connectivity index (χ1v) is 11.3. The Bertz CT molecular complexity index is 1040. The summed E-state index contributed by atoms with van der Waals surface area (Å²) in [4.78, 5) is 39.0. The largest absolute Gasteiger partial charge is 0.339 e. The van der Waals surface area contributed by atoms with Gasteiger partial charge >= 0.3 is 0 Å². The molecule has 0 spiro atoms. The van der Waals surface area contributed by atoms with Crippen LogP contribution in [0.25, 0.3) is 20.7 Å². The Morgan fingerprint density at radius 2 is 1.76 bits per heavy atom. The maximum atomic E-state index is 12.7. The molecule has 3 heterocycles. The van der Waals surface area contributed by atoms with Crippen molar-refractivity contribution in [2.75, 3.05) is 31.9 Å². The van der Waals surface area contributed by atoms with Gasteiger partial charge in [-0.25, -0.2) is 9.97 Å². The van der Waals surface area contributed by atoms with Crippen molar-refractivity contribution in [2.45, 2.75) is 18.9 Å². The summed E-state index contributed by atoms with van der Waals surface area (Å²) >= 11 is 3.11. The number of amides is 2. The third-order valence-corrected chi connectivity index (χ3v) is 6.99. The molecule has 6 nitrogen and oxygen atoms in total. The Hall–Kier alpha value is -2.45. The van der Waals surface area contributed by atoms with Gasteiger partial charge in [-0.1, -0.05) is 42.1 Å². The van der Waals surface area contributed by atoms with E-state index in [0.717, 1.165) is 25.7 Å². The Labute approximate surface area is 177 Å². The molecule has 150 valence electrons. The van der Waals surface area contributed by atoms with Gasteiger partial charge in [0.05, 0.1) is 5.75 Å². The van der Waals surface area contributed by atoms with Crippen LogP contribution in [-0.4, -0.2) is 63.5 Å². The van der Waals surface area contributed by atoms with Crippen LogP contribution in [-0.2, 0) is 9.59 Å². The number of thiophene rings is 1. The van der Waals surface area contributed by atoms with Crippen LogP contribution in [0, 0.1) is 6.92 Å². The topological polar surface area (TPSA) is 66.4 Å². The summed E-state index contributed by atoms with van der Waals surface area (Å²) in [6.07, 6.45) is 0. The molecule has 2 amide bonds. The van der Waals surface area contributed by atoms with E-state index in [0.29, 0.717) is 37.8 Å². The van der Waals surface area contributed by atoms with Crippen LogP contribution in [0.2, 0.25) is 0 Å². The fraction of sp³-hybridized carbons (Fsp3) is 0.333. The highest BCUT2D eigenvalue weighted by Gasteiger charge is 2.23. The molecule has 1 aromatic carbocycles. The number of aromatic nitrogens is 2. The van der Waals surface area contributed by atoms with Crippen molar-refractivity contribution in [3.63, 3.8) is 0 Å². The molecule has 3 aromatic rings. The Kier molecular flexibility index (Phi) is 5.82. The summed E-state index contributed by atoms with van der Waals surface area (Å²) in [5.41, 5.74) is 1.16. The van der Waals surface area contributed by atoms with Gasteiger partial charge in [0.2, 0.25) is 11.8 Å². The van der Waals surface area contributed by atoms with Crippen LogP contribution in [0.1, 0.15) is 12.7 Å². The van der Waals surface area contributed by atoms with Crippen LogP contribution in [0.3, 0.4) is 0 Å². The average molecular weight is 427 g/mol. The maximum Gasteiger partial charge on any atom is 0.233 e. The Morgan fingerprint density at radius 3 is 2.45 bits per heavy atom. The van der Waals surface area contributed by atoms with E-state index in [1.165, 1.54) is 11.8 Å². The molecule has 0 N–H and O–H groups in total. The van der Waals surface area contributed by atoms with Crippen molar-refractivity contribution in [3.05, 3.63) is 42.2 Å². The SMILES string of the molecule is CC(=O)N1CCN(C(=O)CSc2nc(C)nc3sc(-c4ccccc4)cc23)CC1. The molecule has 4 rings (SSSR count). The van der Waals surface area contributed by atoms with Crippen molar-refractivity contribution >= 4 is 45.1 Å². The summed E-state index contributed by atoms with van der Waals surface area (Å²) in [5.74, 6) is 1.20. The predicted octanol–water partition coefficient (Wildman–Crippen LogP) is 3.45. The zero-order valence-electron chi connectivity index (χ0n) is 16.4. The van der Waals surface area contributed by atoms with Gasteiger partial charge in [0, 0.05) is 43.4 Å². The lowest BCUT2D eigenvalue weighted by Crippen LogP contribution is -2.50. The number of rotatable bonds is 4. The highest BCUT2D eigenvalue weighted by atomic mass is 32.2. The molecule has 29 heavy (non-hydrogen) atoms. The number of piperazine rings is 1. The molecule has 1 aliphatic rings. The normalized spacial score (nSPS) is 14.4. The second kappa shape index (κ2) is 8.51. The van der Waals surface area contributed by atoms with Gasteiger partial charge in [-0.05, 0) is 18.6 Å². The van der Waals surface area contributed by atoms with E-state index < -0.39 is 0 Å². The first-order chi connectivity index (χ1) is 14.0. The number of carbonyl (C=O) groups is 2.